The molecule has 0 aliphatic carbocycles. The van der Waals surface area contributed by atoms with Crippen LogP contribution >= 0.6 is 0 Å². The van der Waals surface area contributed by atoms with Gasteiger partial charge in [0.15, 0.2) is 5.82 Å². The average molecular weight is 405 g/mol. The van der Waals surface area contributed by atoms with Crippen LogP contribution in [-0.2, 0) is 14.8 Å². The second-order valence-electron chi connectivity index (χ2n) is 6.71. The first kappa shape index (κ1) is 20.0. The van der Waals surface area contributed by atoms with Gasteiger partial charge in [0.05, 0.1) is 23.8 Å². The Bertz CT molecular complexity index is 947. The largest absolute Gasteiger partial charge is 0.472 e. The van der Waals surface area contributed by atoms with Crippen molar-refractivity contribution in [1.29, 1.82) is 0 Å². The lowest BCUT2D eigenvalue weighted by molar-refractivity contribution is -0.114. The first-order chi connectivity index (χ1) is 13.3. The molecule has 1 N–H and O–H groups in total. The van der Waals surface area contributed by atoms with Gasteiger partial charge in [0.2, 0.25) is 21.8 Å². The van der Waals surface area contributed by atoms with Crippen molar-refractivity contribution in [2.24, 2.45) is 0 Å². The third-order valence-corrected chi connectivity index (χ3v) is 6.14. The molecule has 0 radical (unpaired) electrons. The maximum absolute atomic E-state index is 12.9. The molecule has 1 saturated heterocycles. The van der Waals surface area contributed by atoms with Gasteiger partial charge in [0.25, 0.3) is 0 Å². The molecule has 1 aromatic heterocycles. The first-order valence-corrected chi connectivity index (χ1v) is 10.2. The average Bonchev–Trinajstić information content (AvgIpc) is 3.11. The number of nitrogens with one attached hydrogen (secondary N) is 1. The number of anilines is 2. The van der Waals surface area contributed by atoms with Gasteiger partial charge in [-0.3, -0.25) is 9.78 Å². The molecule has 1 aliphatic heterocycles. The SMILES string of the molecule is CC(=O)Nc1ccc(S(=O)(=O)N2CCC(Oc3cncc(N(C)C)n3)C2)cc1. The first-order valence-electron chi connectivity index (χ1n) is 8.79. The zero-order valence-electron chi connectivity index (χ0n) is 16.0. The molecule has 2 aromatic rings. The van der Waals surface area contributed by atoms with Crippen LogP contribution in [0.2, 0.25) is 0 Å². The zero-order chi connectivity index (χ0) is 20.3. The number of nitrogens with zero attached hydrogens (tertiary/aromatic N) is 4. The second-order valence-corrected chi connectivity index (χ2v) is 8.65. The minimum atomic E-state index is -3.63. The summed E-state index contributed by atoms with van der Waals surface area (Å²) in [7, 11) is 0.0777. The molecule has 9 nitrogen and oxygen atoms in total. The van der Waals surface area contributed by atoms with Gasteiger partial charge < -0.3 is 15.0 Å². The number of hydrogen-bond acceptors (Lipinski definition) is 7. The summed E-state index contributed by atoms with van der Waals surface area (Å²) in [5.74, 6) is 0.825. The van der Waals surface area contributed by atoms with Crippen molar-refractivity contribution >= 4 is 27.4 Å². The molecule has 0 bridgehead atoms. The second kappa shape index (κ2) is 8.11. The van der Waals surface area contributed by atoms with Crippen LogP contribution in [0.3, 0.4) is 0 Å². The fraction of sp³-hybridized carbons (Fsp3) is 0.389. The summed E-state index contributed by atoms with van der Waals surface area (Å²) in [5, 5.41) is 2.62. The molecule has 0 saturated carbocycles. The normalized spacial score (nSPS) is 17.3. The van der Waals surface area contributed by atoms with Crippen molar-refractivity contribution < 1.29 is 17.9 Å². The molecule has 1 atom stereocenters. The number of amides is 1. The van der Waals surface area contributed by atoms with Crippen LogP contribution in [0.1, 0.15) is 13.3 Å². The van der Waals surface area contributed by atoms with Gasteiger partial charge in [-0.05, 0) is 30.7 Å². The minimum Gasteiger partial charge on any atom is -0.472 e. The van der Waals surface area contributed by atoms with Crippen molar-refractivity contribution in [3.8, 4) is 5.88 Å². The highest BCUT2D eigenvalue weighted by molar-refractivity contribution is 7.89. The van der Waals surface area contributed by atoms with E-state index in [0.29, 0.717) is 30.4 Å². The van der Waals surface area contributed by atoms with Gasteiger partial charge in [0.1, 0.15) is 6.10 Å². The summed E-state index contributed by atoms with van der Waals surface area (Å²) in [5.41, 5.74) is 0.549. The van der Waals surface area contributed by atoms with E-state index in [4.69, 9.17) is 4.74 Å². The summed E-state index contributed by atoms with van der Waals surface area (Å²) < 4.78 is 32.9. The Morgan fingerprint density at radius 3 is 2.61 bits per heavy atom. The van der Waals surface area contributed by atoms with Gasteiger partial charge in [-0.25, -0.2) is 8.42 Å². The van der Waals surface area contributed by atoms with E-state index < -0.39 is 10.0 Å². The number of sulfonamides is 1. The van der Waals surface area contributed by atoms with Crippen molar-refractivity contribution in [3.05, 3.63) is 36.7 Å². The van der Waals surface area contributed by atoms with E-state index >= 15 is 0 Å². The fourth-order valence-electron chi connectivity index (χ4n) is 2.86. The summed E-state index contributed by atoms with van der Waals surface area (Å²) in [6, 6.07) is 6.11. The lowest BCUT2D eigenvalue weighted by atomic mass is 10.3. The van der Waals surface area contributed by atoms with E-state index in [1.807, 2.05) is 19.0 Å². The van der Waals surface area contributed by atoms with E-state index in [1.165, 1.54) is 29.6 Å². The predicted molar refractivity (Wildman–Crippen MR) is 105 cm³/mol. The Kier molecular flexibility index (Phi) is 5.80. The highest BCUT2D eigenvalue weighted by atomic mass is 32.2. The van der Waals surface area contributed by atoms with Gasteiger partial charge >= 0.3 is 0 Å². The number of hydrogen-bond donors (Lipinski definition) is 1. The van der Waals surface area contributed by atoms with Crippen LogP contribution in [0, 0.1) is 0 Å². The van der Waals surface area contributed by atoms with E-state index in [0.717, 1.165) is 0 Å². The Hall–Kier alpha value is -2.72. The number of benzene rings is 1. The van der Waals surface area contributed by atoms with Gasteiger partial charge in [-0.2, -0.15) is 9.29 Å². The van der Waals surface area contributed by atoms with Crippen LogP contribution in [0.15, 0.2) is 41.6 Å². The molecule has 3 rings (SSSR count). The molecular formula is C18H23N5O4S. The predicted octanol–water partition coefficient (Wildman–Crippen LogP) is 1.34. The molecule has 1 amide bonds. The number of carbonyl (C=O) groups is 1. The fourth-order valence-corrected chi connectivity index (χ4v) is 4.34. The third-order valence-electron chi connectivity index (χ3n) is 4.27. The highest BCUT2D eigenvalue weighted by Crippen LogP contribution is 2.25. The molecular weight excluding hydrogens is 382 g/mol. The molecule has 28 heavy (non-hydrogen) atoms. The van der Waals surface area contributed by atoms with Crippen LogP contribution < -0.4 is 15.0 Å². The highest BCUT2D eigenvalue weighted by Gasteiger charge is 2.34. The van der Waals surface area contributed by atoms with Crippen molar-refractivity contribution in [1.82, 2.24) is 14.3 Å². The maximum Gasteiger partial charge on any atom is 0.243 e. The molecule has 1 unspecified atom stereocenters. The maximum atomic E-state index is 12.9. The lowest BCUT2D eigenvalue weighted by Gasteiger charge is -2.18. The number of ether oxygens (including phenoxy) is 1. The lowest BCUT2D eigenvalue weighted by Crippen LogP contribution is -2.31. The molecule has 2 heterocycles. The van der Waals surface area contributed by atoms with Crippen LogP contribution in [-0.4, -0.2) is 61.9 Å². The summed E-state index contributed by atoms with van der Waals surface area (Å²) >= 11 is 0. The smallest absolute Gasteiger partial charge is 0.243 e. The quantitative estimate of drug-likeness (QED) is 0.773. The zero-order valence-corrected chi connectivity index (χ0v) is 16.8. The summed E-state index contributed by atoms with van der Waals surface area (Å²) in [4.78, 5) is 21.5. The van der Waals surface area contributed by atoms with Crippen LogP contribution in [0.25, 0.3) is 0 Å². The van der Waals surface area contributed by atoms with Crippen LogP contribution in [0.4, 0.5) is 11.5 Å². The van der Waals surface area contributed by atoms with E-state index in [2.05, 4.69) is 15.3 Å². The number of aromatic nitrogens is 2. The van der Waals surface area contributed by atoms with Gasteiger partial charge in [0, 0.05) is 33.3 Å². The Morgan fingerprint density at radius 2 is 1.96 bits per heavy atom. The Balaban J connectivity index is 1.67. The molecule has 1 aromatic carbocycles. The molecule has 1 aliphatic rings. The topological polar surface area (TPSA) is 105 Å². The van der Waals surface area contributed by atoms with Crippen molar-refractivity contribution in [2.75, 3.05) is 37.4 Å². The summed E-state index contributed by atoms with van der Waals surface area (Å²) in [6.45, 7) is 2.00. The molecule has 0 spiro atoms. The monoisotopic (exact) mass is 405 g/mol. The van der Waals surface area contributed by atoms with E-state index in [1.54, 1.807) is 18.3 Å². The number of rotatable bonds is 6. The Morgan fingerprint density at radius 1 is 1.25 bits per heavy atom. The van der Waals surface area contributed by atoms with Crippen molar-refractivity contribution in [3.63, 3.8) is 0 Å². The standard InChI is InChI=1S/C18H23N5O4S/c1-13(24)20-14-4-6-16(7-5-14)28(25,26)23-9-8-15(12-23)27-18-11-19-10-17(21-18)22(2)3/h4-7,10-11,15H,8-9,12H2,1-3H3,(H,20,24). The van der Waals surface area contributed by atoms with E-state index in [-0.39, 0.29) is 23.5 Å². The van der Waals surface area contributed by atoms with E-state index in [9.17, 15) is 13.2 Å². The van der Waals surface area contributed by atoms with Crippen molar-refractivity contribution in [2.45, 2.75) is 24.3 Å². The summed E-state index contributed by atoms with van der Waals surface area (Å²) in [6.07, 6.45) is 3.42. The minimum absolute atomic E-state index is 0.177. The van der Waals surface area contributed by atoms with Gasteiger partial charge in [-0.1, -0.05) is 0 Å². The molecule has 1 fully saturated rings. The van der Waals surface area contributed by atoms with Gasteiger partial charge in [-0.15, -0.1) is 0 Å². The number of carbonyl (C=O) groups excluding carboxylic acids is 1. The molecule has 10 heteroatoms. The molecule has 150 valence electrons. The van der Waals surface area contributed by atoms with Crippen LogP contribution in [0.5, 0.6) is 5.88 Å². The third kappa shape index (κ3) is 4.57. The Labute approximate surface area is 164 Å².